The number of anilines is 1. The van der Waals surface area contributed by atoms with Crippen LogP contribution in [-0.2, 0) is 20.8 Å². The molecule has 0 N–H and O–H groups in total. The van der Waals surface area contributed by atoms with E-state index in [0.717, 1.165) is 11.4 Å². The number of carbonyl (C=O) groups is 3. The lowest BCUT2D eigenvalue weighted by atomic mass is 10.1. The van der Waals surface area contributed by atoms with Crippen LogP contribution in [0.4, 0.5) is 5.69 Å². The molecule has 0 bridgehead atoms. The van der Waals surface area contributed by atoms with Crippen LogP contribution in [0.1, 0.15) is 12.1 Å². The summed E-state index contributed by atoms with van der Waals surface area (Å²) < 4.78 is 0. The molecule has 0 radical (unpaired) electrons. The van der Waals surface area contributed by atoms with Crippen LogP contribution in [0.3, 0.4) is 0 Å². The van der Waals surface area contributed by atoms with Gasteiger partial charge in [0.2, 0.25) is 17.7 Å². The van der Waals surface area contributed by atoms with Gasteiger partial charge in [-0.15, -0.1) is 0 Å². The largest absolute Gasteiger partial charge is 0.339 e. The average molecular weight is 427 g/mol. The number of carbonyl (C=O) groups excluding carboxylic acids is 3. The first-order chi connectivity index (χ1) is 14.5. The molecule has 0 spiro atoms. The van der Waals surface area contributed by atoms with Crippen molar-refractivity contribution in [3.8, 4) is 0 Å². The molecule has 3 heterocycles. The molecule has 2 aliphatic rings. The van der Waals surface area contributed by atoms with Crippen LogP contribution >= 0.6 is 11.6 Å². The van der Waals surface area contributed by atoms with E-state index in [4.69, 9.17) is 11.6 Å². The number of nitrogens with zero attached hydrogens (tertiary/aromatic N) is 4. The van der Waals surface area contributed by atoms with Gasteiger partial charge in [-0.3, -0.25) is 19.4 Å². The molecular formula is C22H23ClN4O3. The minimum atomic E-state index is -0.656. The zero-order valence-corrected chi connectivity index (χ0v) is 17.3. The van der Waals surface area contributed by atoms with Crippen molar-refractivity contribution in [1.29, 1.82) is 0 Å². The Bertz CT molecular complexity index is 927. The van der Waals surface area contributed by atoms with Crippen molar-refractivity contribution in [3.63, 3.8) is 0 Å². The van der Waals surface area contributed by atoms with E-state index in [-0.39, 0.29) is 24.1 Å². The van der Waals surface area contributed by atoms with E-state index in [9.17, 15) is 14.4 Å². The number of hydrogen-bond acceptors (Lipinski definition) is 4. The van der Waals surface area contributed by atoms with Crippen LogP contribution in [0.15, 0.2) is 48.7 Å². The molecule has 2 saturated heterocycles. The number of hydrogen-bond donors (Lipinski definition) is 0. The molecule has 1 aromatic carbocycles. The second-order valence-electron chi connectivity index (χ2n) is 7.51. The van der Waals surface area contributed by atoms with Crippen molar-refractivity contribution < 1.29 is 14.4 Å². The zero-order valence-electron chi connectivity index (χ0n) is 16.5. The van der Waals surface area contributed by atoms with Crippen LogP contribution in [-0.4, -0.2) is 65.2 Å². The summed E-state index contributed by atoms with van der Waals surface area (Å²) in [6, 6.07) is 12.6. The van der Waals surface area contributed by atoms with E-state index in [1.807, 2.05) is 18.2 Å². The number of rotatable bonds is 4. The van der Waals surface area contributed by atoms with E-state index in [0.29, 0.717) is 44.2 Å². The molecule has 4 rings (SSSR count). The highest BCUT2D eigenvalue weighted by Gasteiger charge is 2.40. The van der Waals surface area contributed by atoms with Crippen molar-refractivity contribution in [2.75, 3.05) is 37.6 Å². The molecule has 2 aliphatic heterocycles. The lowest BCUT2D eigenvalue weighted by Gasteiger charge is -2.35. The molecule has 156 valence electrons. The highest BCUT2D eigenvalue weighted by Crippen LogP contribution is 2.28. The van der Waals surface area contributed by atoms with Gasteiger partial charge in [0.05, 0.1) is 6.42 Å². The van der Waals surface area contributed by atoms with Gasteiger partial charge in [0.25, 0.3) is 0 Å². The van der Waals surface area contributed by atoms with Gasteiger partial charge in [0.1, 0.15) is 5.92 Å². The minimum absolute atomic E-state index is 0.00616. The van der Waals surface area contributed by atoms with Gasteiger partial charge < -0.3 is 14.7 Å². The van der Waals surface area contributed by atoms with Crippen molar-refractivity contribution >= 4 is 35.0 Å². The van der Waals surface area contributed by atoms with Crippen molar-refractivity contribution in [2.24, 2.45) is 5.92 Å². The van der Waals surface area contributed by atoms with E-state index in [1.165, 1.54) is 0 Å². The van der Waals surface area contributed by atoms with E-state index in [1.54, 1.807) is 45.2 Å². The third-order valence-corrected chi connectivity index (χ3v) is 5.90. The molecule has 2 aromatic rings. The summed E-state index contributed by atoms with van der Waals surface area (Å²) in [6.07, 6.45) is 2.43. The van der Waals surface area contributed by atoms with Gasteiger partial charge in [-0.05, 0) is 42.8 Å². The molecule has 1 unspecified atom stereocenters. The predicted molar refractivity (Wildman–Crippen MR) is 113 cm³/mol. The number of piperazine rings is 1. The lowest BCUT2D eigenvalue weighted by molar-refractivity contribution is -0.144. The second kappa shape index (κ2) is 8.83. The third-order valence-electron chi connectivity index (χ3n) is 5.64. The fraction of sp³-hybridized carbons (Fsp3) is 0.364. The molecule has 0 saturated carbocycles. The highest BCUT2D eigenvalue weighted by atomic mass is 35.5. The number of benzene rings is 1. The molecular weight excluding hydrogens is 404 g/mol. The minimum Gasteiger partial charge on any atom is -0.339 e. The molecule has 1 aromatic heterocycles. The Hall–Kier alpha value is -2.93. The van der Waals surface area contributed by atoms with Gasteiger partial charge in [-0.2, -0.15) is 0 Å². The van der Waals surface area contributed by atoms with Crippen molar-refractivity contribution in [3.05, 3.63) is 59.4 Å². The number of halogens is 1. The van der Waals surface area contributed by atoms with Gasteiger partial charge in [0.15, 0.2) is 0 Å². The first-order valence-electron chi connectivity index (χ1n) is 10.1. The summed E-state index contributed by atoms with van der Waals surface area (Å²) >= 11 is 5.92. The van der Waals surface area contributed by atoms with Crippen molar-refractivity contribution in [2.45, 2.75) is 12.8 Å². The van der Waals surface area contributed by atoms with Gasteiger partial charge in [0, 0.05) is 55.3 Å². The SMILES string of the molecule is O=C(Cc1ccccn1)N1CCN(C(=O)C2CCN(c3ccc(Cl)cc3)C2=O)CC1. The normalized spacial score (nSPS) is 19.3. The Labute approximate surface area is 180 Å². The second-order valence-corrected chi connectivity index (χ2v) is 7.95. The average Bonchev–Trinajstić information content (AvgIpc) is 3.16. The van der Waals surface area contributed by atoms with Gasteiger partial charge in [-0.1, -0.05) is 17.7 Å². The molecule has 8 heteroatoms. The van der Waals surface area contributed by atoms with Crippen LogP contribution in [0, 0.1) is 5.92 Å². The van der Waals surface area contributed by atoms with Crippen LogP contribution in [0.2, 0.25) is 5.02 Å². The smallest absolute Gasteiger partial charge is 0.239 e. The summed E-state index contributed by atoms with van der Waals surface area (Å²) in [4.78, 5) is 47.6. The summed E-state index contributed by atoms with van der Waals surface area (Å²) in [5.41, 5.74) is 1.49. The summed E-state index contributed by atoms with van der Waals surface area (Å²) in [5.74, 6) is -0.965. The first-order valence-corrected chi connectivity index (χ1v) is 10.4. The van der Waals surface area contributed by atoms with Crippen LogP contribution < -0.4 is 4.90 Å². The Morgan fingerprint density at radius 1 is 0.967 bits per heavy atom. The Morgan fingerprint density at radius 2 is 1.67 bits per heavy atom. The Morgan fingerprint density at radius 3 is 2.33 bits per heavy atom. The maximum absolute atomic E-state index is 13.0. The van der Waals surface area contributed by atoms with Crippen LogP contribution in [0.5, 0.6) is 0 Å². The van der Waals surface area contributed by atoms with Gasteiger partial charge >= 0.3 is 0 Å². The maximum atomic E-state index is 13.0. The van der Waals surface area contributed by atoms with Gasteiger partial charge in [-0.25, -0.2) is 0 Å². The highest BCUT2D eigenvalue weighted by molar-refractivity contribution is 6.30. The van der Waals surface area contributed by atoms with E-state index in [2.05, 4.69) is 4.98 Å². The van der Waals surface area contributed by atoms with E-state index >= 15 is 0 Å². The number of pyridine rings is 1. The lowest BCUT2D eigenvalue weighted by Crippen LogP contribution is -2.53. The van der Waals surface area contributed by atoms with Crippen LogP contribution in [0.25, 0.3) is 0 Å². The maximum Gasteiger partial charge on any atom is 0.239 e. The monoisotopic (exact) mass is 426 g/mol. The zero-order chi connectivity index (χ0) is 21.1. The quantitative estimate of drug-likeness (QED) is 0.701. The molecule has 30 heavy (non-hydrogen) atoms. The summed E-state index contributed by atoms with van der Waals surface area (Å²) in [7, 11) is 0. The standard InChI is InChI=1S/C22H23ClN4O3/c23-16-4-6-18(7-5-16)27-10-8-19(22(27)30)21(29)26-13-11-25(12-14-26)20(28)15-17-3-1-2-9-24-17/h1-7,9,19H,8,10-15H2. The number of amides is 3. The van der Waals surface area contributed by atoms with E-state index < -0.39 is 5.92 Å². The predicted octanol–water partition coefficient (Wildman–Crippen LogP) is 2.00. The number of aromatic nitrogens is 1. The topological polar surface area (TPSA) is 73.8 Å². The summed E-state index contributed by atoms with van der Waals surface area (Å²) in [5, 5.41) is 0.605. The fourth-order valence-electron chi connectivity index (χ4n) is 3.95. The molecule has 7 nitrogen and oxygen atoms in total. The Balaban J connectivity index is 1.31. The van der Waals surface area contributed by atoms with Crippen molar-refractivity contribution in [1.82, 2.24) is 14.8 Å². The fourth-order valence-corrected chi connectivity index (χ4v) is 4.08. The molecule has 0 aliphatic carbocycles. The molecule has 2 fully saturated rings. The Kier molecular flexibility index (Phi) is 5.99. The first kappa shape index (κ1) is 20.3. The summed E-state index contributed by atoms with van der Waals surface area (Å²) in [6.45, 7) is 2.34. The molecule has 1 atom stereocenters. The third kappa shape index (κ3) is 4.31. The molecule has 3 amide bonds.